The Morgan fingerprint density at radius 3 is 2.35 bits per heavy atom. The summed E-state index contributed by atoms with van der Waals surface area (Å²) in [5, 5.41) is 0. The zero-order valence-electron chi connectivity index (χ0n) is 12.5. The van der Waals surface area contributed by atoms with E-state index in [1.165, 1.54) is 0 Å². The Labute approximate surface area is 121 Å². The summed E-state index contributed by atoms with van der Waals surface area (Å²) < 4.78 is 29.3. The molecule has 6 heteroatoms. The lowest BCUT2D eigenvalue weighted by atomic mass is 10.0. The van der Waals surface area contributed by atoms with Crippen LogP contribution in [-0.2, 0) is 23.1 Å². The summed E-state index contributed by atoms with van der Waals surface area (Å²) in [6, 6.07) is 1.84. The number of hydrogen-bond acceptors (Lipinski definition) is 3. The van der Waals surface area contributed by atoms with Gasteiger partial charge in [0, 0.05) is 37.1 Å². The molecular weight excluding hydrogens is 274 g/mol. The minimum atomic E-state index is -3.43. The van der Waals surface area contributed by atoms with E-state index in [9.17, 15) is 8.42 Å². The summed E-state index contributed by atoms with van der Waals surface area (Å²) in [6.45, 7) is 7.06. The minimum absolute atomic E-state index is 0.0649. The molecule has 1 aromatic heterocycles. The fourth-order valence-electron chi connectivity index (χ4n) is 3.13. The summed E-state index contributed by atoms with van der Waals surface area (Å²) in [5.74, 6) is 0. The van der Waals surface area contributed by atoms with Crippen LogP contribution >= 0.6 is 0 Å². The van der Waals surface area contributed by atoms with Crippen molar-refractivity contribution in [2.24, 2.45) is 5.73 Å². The molecule has 20 heavy (non-hydrogen) atoms. The molecule has 0 spiro atoms. The standard InChI is InChI=1S/C14H25N3O2S/c1-4-16-10-14(8-13(16)9-15)20(18,19)17-11(2)6-5-7-12(17)3/h8,10-12H,4-7,9,15H2,1-3H3. The summed E-state index contributed by atoms with van der Waals surface area (Å²) in [5.41, 5.74) is 6.55. The molecule has 0 bridgehead atoms. The molecule has 1 fully saturated rings. The summed E-state index contributed by atoms with van der Waals surface area (Å²) >= 11 is 0. The van der Waals surface area contributed by atoms with Crippen LogP contribution in [0.25, 0.3) is 0 Å². The molecule has 1 aliphatic heterocycles. The quantitative estimate of drug-likeness (QED) is 0.923. The van der Waals surface area contributed by atoms with E-state index >= 15 is 0 Å². The van der Waals surface area contributed by atoms with Crippen molar-refractivity contribution in [1.29, 1.82) is 0 Å². The van der Waals surface area contributed by atoms with Crippen LogP contribution in [0.2, 0.25) is 0 Å². The van der Waals surface area contributed by atoms with Crippen molar-refractivity contribution in [3.05, 3.63) is 18.0 Å². The Morgan fingerprint density at radius 2 is 1.90 bits per heavy atom. The van der Waals surface area contributed by atoms with E-state index in [0.717, 1.165) is 31.5 Å². The Hall–Kier alpha value is -0.850. The summed E-state index contributed by atoms with van der Waals surface area (Å²) in [7, 11) is -3.43. The first-order valence-electron chi connectivity index (χ1n) is 7.34. The molecule has 0 aliphatic carbocycles. The predicted molar refractivity (Wildman–Crippen MR) is 79.8 cm³/mol. The lowest BCUT2D eigenvalue weighted by molar-refractivity contribution is 0.204. The molecule has 2 heterocycles. The van der Waals surface area contributed by atoms with Gasteiger partial charge in [0.2, 0.25) is 10.0 Å². The van der Waals surface area contributed by atoms with Crippen LogP contribution in [0.1, 0.15) is 45.7 Å². The fourth-order valence-corrected chi connectivity index (χ4v) is 5.07. The van der Waals surface area contributed by atoms with Crippen LogP contribution in [0, 0.1) is 0 Å². The second kappa shape index (κ2) is 5.87. The first-order valence-corrected chi connectivity index (χ1v) is 8.78. The molecule has 5 nitrogen and oxygen atoms in total. The number of nitrogens with two attached hydrogens (primary N) is 1. The van der Waals surface area contributed by atoms with Gasteiger partial charge < -0.3 is 10.3 Å². The van der Waals surface area contributed by atoms with Crippen LogP contribution in [0.4, 0.5) is 0 Å². The highest BCUT2D eigenvalue weighted by molar-refractivity contribution is 7.89. The smallest absolute Gasteiger partial charge is 0.245 e. The Kier molecular flexibility index (Phi) is 4.56. The van der Waals surface area contributed by atoms with Crippen molar-refractivity contribution < 1.29 is 8.42 Å². The maximum absolute atomic E-state index is 12.9. The molecule has 2 atom stereocenters. The van der Waals surface area contributed by atoms with E-state index < -0.39 is 10.0 Å². The van der Waals surface area contributed by atoms with Gasteiger partial charge in [-0.1, -0.05) is 6.42 Å². The van der Waals surface area contributed by atoms with Gasteiger partial charge in [0.05, 0.1) is 0 Å². The molecule has 114 valence electrons. The van der Waals surface area contributed by atoms with Gasteiger partial charge in [0.15, 0.2) is 0 Å². The molecular formula is C14H25N3O2S. The van der Waals surface area contributed by atoms with Crippen LogP contribution in [0.3, 0.4) is 0 Å². The number of aromatic nitrogens is 1. The first kappa shape index (κ1) is 15.5. The van der Waals surface area contributed by atoms with Crippen LogP contribution < -0.4 is 5.73 Å². The molecule has 0 saturated carbocycles. The summed E-state index contributed by atoms with van der Waals surface area (Å²) in [4.78, 5) is 0.375. The minimum Gasteiger partial charge on any atom is -0.349 e. The monoisotopic (exact) mass is 299 g/mol. The van der Waals surface area contributed by atoms with Crippen molar-refractivity contribution in [2.75, 3.05) is 0 Å². The normalized spacial score (nSPS) is 25.0. The second-order valence-corrected chi connectivity index (χ2v) is 7.46. The van der Waals surface area contributed by atoms with Crippen LogP contribution in [0.5, 0.6) is 0 Å². The van der Waals surface area contributed by atoms with Gasteiger partial charge >= 0.3 is 0 Å². The van der Waals surface area contributed by atoms with Crippen molar-refractivity contribution >= 4 is 10.0 Å². The van der Waals surface area contributed by atoms with E-state index in [1.807, 2.05) is 25.3 Å². The van der Waals surface area contributed by atoms with E-state index in [4.69, 9.17) is 5.73 Å². The highest BCUT2D eigenvalue weighted by atomic mass is 32.2. The van der Waals surface area contributed by atoms with E-state index in [1.54, 1.807) is 16.6 Å². The zero-order chi connectivity index (χ0) is 14.9. The number of rotatable bonds is 4. The van der Waals surface area contributed by atoms with Crippen molar-refractivity contribution in [3.8, 4) is 0 Å². The largest absolute Gasteiger partial charge is 0.349 e. The third kappa shape index (κ3) is 2.64. The Balaban J connectivity index is 2.41. The van der Waals surface area contributed by atoms with Crippen molar-refractivity contribution in [2.45, 2.75) is 70.1 Å². The zero-order valence-corrected chi connectivity index (χ0v) is 13.4. The molecule has 1 aromatic rings. The van der Waals surface area contributed by atoms with Crippen LogP contribution in [0.15, 0.2) is 17.2 Å². The van der Waals surface area contributed by atoms with Crippen LogP contribution in [-0.4, -0.2) is 29.4 Å². The molecule has 0 amide bonds. The van der Waals surface area contributed by atoms with Gasteiger partial charge in [-0.3, -0.25) is 0 Å². The average molecular weight is 299 g/mol. The average Bonchev–Trinajstić information content (AvgIpc) is 2.82. The van der Waals surface area contributed by atoms with E-state index in [2.05, 4.69) is 0 Å². The molecule has 2 N–H and O–H groups in total. The van der Waals surface area contributed by atoms with Gasteiger partial charge in [0.25, 0.3) is 0 Å². The lowest BCUT2D eigenvalue weighted by Crippen LogP contribution is -2.47. The lowest BCUT2D eigenvalue weighted by Gasteiger charge is -2.37. The topological polar surface area (TPSA) is 68.3 Å². The van der Waals surface area contributed by atoms with Gasteiger partial charge in [-0.05, 0) is 39.7 Å². The fraction of sp³-hybridized carbons (Fsp3) is 0.714. The number of nitrogens with zero attached hydrogens (tertiary/aromatic N) is 2. The molecule has 0 radical (unpaired) electrons. The number of aryl methyl sites for hydroxylation is 1. The van der Waals surface area contributed by atoms with Gasteiger partial charge in [-0.25, -0.2) is 8.42 Å². The maximum Gasteiger partial charge on any atom is 0.245 e. The van der Waals surface area contributed by atoms with Gasteiger partial charge in [0.1, 0.15) is 4.90 Å². The highest BCUT2D eigenvalue weighted by Crippen LogP contribution is 2.30. The summed E-state index contributed by atoms with van der Waals surface area (Å²) in [6.07, 6.45) is 4.67. The second-order valence-electron chi connectivity index (χ2n) is 5.62. The van der Waals surface area contributed by atoms with E-state index in [0.29, 0.717) is 11.4 Å². The molecule has 2 rings (SSSR count). The van der Waals surface area contributed by atoms with Gasteiger partial charge in [-0.15, -0.1) is 0 Å². The Morgan fingerprint density at radius 1 is 1.30 bits per heavy atom. The van der Waals surface area contributed by atoms with E-state index in [-0.39, 0.29) is 12.1 Å². The maximum atomic E-state index is 12.9. The SMILES string of the molecule is CCn1cc(S(=O)(=O)N2C(C)CCCC2C)cc1CN. The molecule has 2 unspecified atom stereocenters. The predicted octanol–water partition coefficient (Wildman–Crippen LogP) is 1.92. The van der Waals surface area contributed by atoms with Crippen molar-refractivity contribution in [3.63, 3.8) is 0 Å². The Bertz CT molecular complexity index is 533. The first-order chi connectivity index (χ1) is 9.41. The van der Waals surface area contributed by atoms with Gasteiger partial charge in [-0.2, -0.15) is 4.31 Å². The third-order valence-corrected chi connectivity index (χ3v) is 6.29. The molecule has 1 saturated heterocycles. The number of sulfonamides is 1. The highest BCUT2D eigenvalue weighted by Gasteiger charge is 2.36. The number of hydrogen-bond donors (Lipinski definition) is 1. The van der Waals surface area contributed by atoms with Crippen molar-refractivity contribution in [1.82, 2.24) is 8.87 Å². The molecule has 1 aliphatic rings. The molecule has 0 aromatic carbocycles. The third-order valence-electron chi connectivity index (χ3n) is 4.20. The number of piperidine rings is 1.